The normalized spacial score (nSPS) is 10.8. The largest absolute Gasteiger partial charge is 0.326 e. The molecule has 0 aliphatic rings. The molecule has 0 saturated heterocycles. The fourth-order valence-corrected chi connectivity index (χ4v) is 2.13. The molecule has 0 aliphatic heterocycles. The van der Waals surface area contributed by atoms with E-state index in [2.05, 4.69) is 17.0 Å². The summed E-state index contributed by atoms with van der Waals surface area (Å²) in [6.45, 7) is 3.65. The van der Waals surface area contributed by atoms with E-state index in [1.54, 1.807) is 11.3 Å². The van der Waals surface area contributed by atoms with Crippen LogP contribution in [0.25, 0.3) is 10.6 Å². The molecule has 15 heavy (non-hydrogen) atoms. The Morgan fingerprint density at radius 3 is 3.00 bits per heavy atom. The smallest absolute Gasteiger partial charge is 0.126 e. The quantitative estimate of drug-likeness (QED) is 0.859. The van der Waals surface area contributed by atoms with Gasteiger partial charge in [-0.25, -0.2) is 4.98 Å². The first kappa shape index (κ1) is 10.3. The summed E-state index contributed by atoms with van der Waals surface area (Å²) < 4.78 is 1.94. The highest BCUT2D eigenvalue weighted by atomic mass is 32.1. The highest BCUT2D eigenvalue weighted by Crippen LogP contribution is 2.24. The van der Waals surface area contributed by atoms with E-state index in [4.69, 9.17) is 5.73 Å². The molecule has 0 bridgehead atoms. The Balaban J connectivity index is 2.21. The van der Waals surface area contributed by atoms with Gasteiger partial charge in [0.1, 0.15) is 5.01 Å². The second-order valence-electron chi connectivity index (χ2n) is 3.33. The number of thiazole rings is 1. The van der Waals surface area contributed by atoms with Crippen LogP contribution in [-0.4, -0.2) is 14.8 Å². The molecule has 2 heterocycles. The average molecular weight is 222 g/mol. The van der Waals surface area contributed by atoms with E-state index in [9.17, 15) is 0 Å². The van der Waals surface area contributed by atoms with Crippen LogP contribution < -0.4 is 5.73 Å². The van der Waals surface area contributed by atoms with Crippen molar-refractivity contribution in [2.45, 2.75) is 26.4 Å². The third-order valence-electron chi connectivity index (χ3n) is 2.09. The van der Waals surface area contributed by atoms with Gasteiger partial charge >= 0.3 is 0 Å². The number of nitrogens with zero attached hydrogens (tertiary/aromatic N) is 3. The third-order valence-corrected chi connectivity index (χ3v) is 3.16. The van der Waals surface area contributed by atoms with Crippen molar-refractivity contribution in [3.63, 3.8) is 0 Å². The Morgan fingerprint density at radius 2 is 2.33 bits per heavy atom. The average Bonchev–Trinajstić information content (AvgIpc) is 2.85. The minimum atomic E-state index is 0.556. The van der Waals surface area contributed by atoms with Gasteiger partial charge in [0.2, 0.25) is 0 Å². The van der Waals surface area contributed by atoms with Gasteiger partial charge in [0.25, 0.3) is 0 Å². The van der Waals surface area contributed by atoms with Crippen molar-refractivity contribution >= 4 is 11.3 Å². The first-order valence-electron chi connectivity index (χ1n) is 5.01. The van der Waals surface area contributed by atoms with Crippen molar-refractivity contribution in [3.05, 3.63) is 23.5 Å². The van der Waals surface area contributed by atoms with Crippen LogP contribution >= 0.6 is 11.3 Å². The predicted octanol–water partition coefficient (Wildman–Crippen LogP) is 1.88. The Kier molecular flexibility index (Phi) is 3.13. The monoisotopic (exact) mass is 222 g/mol. The van der Waals surface area contributed by atoms with Crippen LogP contribution in [0.15, 0.2) is 18.6 Å². The number of rotatable bonds is 4. The molecule has 0 atom stereocenters. The SMILES string of the molecule is CCCn1cc(-c2ncc(CN)s2)cn1. The number of nitrogens with two attached hydrogens (primary N) is 1. The lowest BCUT2D eigenvalue weighted by atomic mass is 10.4. The Labute approximate surface area is 92.8 Å². The molecule has 4 nitrogen and oxygen atoms in total. The van der Waals surface area contributed by atoms with Crippen LogP contribution in [0.2, 0.25) is 0 Å². The molecule has 0 radical (unpaired) electrons. The second kappa shape index (κ2) is 4.55. The van der Waals surface area contributed by atoms with Crippen molar-refractivity contribution in [1.82, 2.24) is 14.8 Å². The lowest BCUT2D eigenvalue weighted by Gasteiger charge is -1.94. The summed E-state index contributed by atoms with van der Waals surface area (Å²) in [6.07, 6.45) is 6.81. The van der Waals surface area contributed by atoms with Gasteiger partial charge in [-0.1, -0.05) is 6.92 Å². The zero-order valence-electron chi connectivity index (χ0n) is 8.68. The molecule has 0 unspecified atom stereocenters. The fraction of sp³-hybridized carbons (Fsp3) is 0.400. The van der Waals surface area contributed by atoms with Gasteiger partial charge in [0.15, 0.2) is 0 Å². The van der Waals surface area contributed by atoms with Crippen LogP contribution in [0.4, 0.5) is 0 Å². The molecule has 2 aromatic rings. The molecular weight excluding hydrogens is 208 g/mol. The minimum absolute atomic E-state index is 0.556. The van der Waals surface area contributed by atoms with Crippen molar-refractivity contribution < 1.29 is 0 Å². The maximum Gasteiger partial charge on any atom is 0.126 e. The molecule has 0 fully saturated rings. The van der Waals surface area contributed by atoms with Crippen LogP contribution in [0, 0.1) is 0 Å². The van der Waals surface area contributed by atoms with Crippen molar-refractivity contribution in [3.8, 4) is 10.6 Å². The van der Waals surface area contributed by atoms with E-state index in [0.717, 1.165) is 28.4 Å². The van der Waals surface area contributed by atoms with E-state index >= 15 is 0 Å². The minimum Gasteiger partial charge on any atom is -0.326 e. The van der Waals surface area contributed by atoms with E-state index < -0.39 is 0 Å². The standard InChI is InChI=1S/C10H14N4S/c1-2-3-14-7-8(5-13-14)10-12-6-9(4-11)15-10/h5-7H,2-4,11H2,1H3. The predicted molar refractivity (Wildman–Crippen MR) is 61.5 cm³/mol. The summed E-state index contributed by atoms with van der Waals surface area (Å²) in [7, 11) is 0. The van der Waals surface area contributed by atoms with Gasteiger partial charge in [-0.15, -0.1) is 11.3 Å². The summed E-state index contributed by atoms with van der Waals surface area (Å²) in [5.41, 5.74) is 6.62. The Bertz CT molecular complexity index is 432. The molecule has 0 spiro atoms. The summed E-state index contributed by atoms with van der Waals surface area (Å²) >= 11 is 1.63. The van der Waals surface area contributed by atoms with Crippen LogP contribution in [-0.2, 0) is 13.1 Å². The first-order valence-corrected chi connectivity index (χ1v) is 5.82. The fourth-order valence-electron chi connectivity index (χ4n) is 1.36. The first-order chi connectivity index (χ1) is 7.33. The van der Waals surface area contributed by atoms with Gasteiger partial charge in [-0.3, -0.25) is 4.68 Å². The van der Waals surface area contributed by atoms with Crippen molar-refractivity contribution in [1.29, 1.82) is 0 Å². The van der Waals surface area contributed by atoms with Crippen LogP contribution in [0.5, 0.6) is 0 Å². The molecule has 80 valence electrons. The second-order valence-corrected chi connectivity index (χ2v) is 4.44. The van der Waals surface area contributed by atoms with E-state index in [1.807, 2.05) is 23.3 Å². The van der Waals surface area contributed by atoms with Gasteiger partial charge in [0.05, 0.1) is 6.20 Å². The van der Waals surface area contributed by atoms with Gasteiger partial charge in [-0.05, 0) is 6.42 Å². The summed E-state index contributed by atoms with van der Waals surface area (Å²) in [5, 5.41) is 5.27. The van der Waals surface area contributed by atoms with Gasteiger partial charge < -0.3 is 5.73 Å². The highest BCUT2D eigenvalue weighted by Gasteiger charge is 2.05. The van der Waals surface area contributed by atoms with E-state index in [-0.39, 0.29) is 0 Å². The molecule has 2 rings (SSSR count). The molecular formula is C10H14N4S. The van der Waals surface area contributed by atoms with E-state index in [1.165, 1.54) is 0 Å². The molecule has 0 amide bonds. The maximum atomic E-state index is 5.54. The molecule has 0 saturated carbocycles. The Morgan fingerprint density at radius 1 is 1.47 bits per heavy atom. The molecule has 0 aromatic carbocycles. The van der Waals surface area contributed by atoms with Crippen LogP contribution in [0.1, 0.15) is 18.2 Å². The zero-order chi connectivity index (χ0) is 10.7. The topological polar surface area (TPSA) is 56.7 Å². The maximum absolute atomic E-state index is 5.54. The summed E-state index contributed by atoms with van der Waals surface area (Å²) in [6, 6.07) is 0. The number of aromatic nitrogens is 3. The Hall–Kier alpha value is -1.20. The molecule has 5 heteroatoms. The zero-order valence-corrected chi connectivity index (χ0v) is 9.50. The van der Waals surface area contributed by atoms with Gasteiger partial charge in [-0.2, -0.15) is 5.10 Å². The summed E-state index contributed by atoms with van der Waals surface area (Å²) in [5.74, 6) is 0. The van der Waals surface area contributed by atoms with Crippen molar-refractivity contribution in [2.75, 3.05) is 0 Å². The number of hydrogen-bond donors (Lipinski definition) is 1. The summed E-state index contributed by atoms with van der Waals surface area (Å²) in [4.78, 5) is 5.42. The third kappa shape index (κ3) is 2.24. The highest BCUT2D eigenvalue weighted by molar-refractivity contribution is 7.15. The lowest BCUT2D eigenvalue weighted by molar-refractivity contribution is 0.603. The van der Waals surface area contributed by atoms with Crippen molar-refractivity contribution in [2.24, 2.45) is 5.73 Å². The van der Waals surface area contributed by atoms with E-state index in [0.29, 0.717) is 6.54 Å². The van der Waals surface area contributed by atoms with Crippen LogP contribution in [0.3, 0.4) is 0 Å². The number of aryl methyl sites for hydroxylation is 1. The molecule has 2 N–H and O–H groups in total. The lowest BCUT2D eigenvalue weighted by Crippen LogP contribution is -1.95. The van der Waals surface area contributed by atoms with Gasteiger partial charge in [0, 0.05) is 35.9 Å². The number of hydrogen-bond acceptors (Lipinski definition) is 4. The molecule has 0 aliphatic carbocycles. The molecule has 2 aromatic heterocycles.